The van der Waals surface area contributed by atoms with Crippen LogP contribution in [0.4, 0.5) is 0 Å². The summed E-state index contributed by atoms with van der Waals surface area (Å²) in [6, 6.07) is 13.8. The van der Waals surface area contributed by atoms with Crippen molar-refractivity contribution in [2.24, 2.45) is 5.41 Å². The van der Waals surface area contributed by atoms with E-state index < -0.39 is 6.04 Å². The molecule has 2 heterocycles. The van der Waals surface area contributed by atoms with E-state index >= 15 is 0 Å². The number of pyridine rings is 1. The van der Waals surface area contributed by atoms with Gasteiger partial charge in [0.15, 0.2) is 0 Å². The topological polar surface area (TPSA) is 99.8 Å². The zero-order chi connectivity index (χ0) is 22.8. The summed E-state index contributed by atoms with van der Waals surface area (Å²) in [6.07, 6.45) is 8.47. The molecule has 3 N–H and O–H groups in total. The maximum atomic E-state index is 13.2. The molecule has 2 aromatic heterocycles. The summed E-state index contributed by atoms with van der Waals surface area (Å²) < 4.78 is 0. The minimum absolute atomic E-state index is 0.0838. The molecule has 1 fully saturated rings. The second kappa shape index (κ2) is 8.65. The van der Waals surface area contributed by atoms with E-state index in [0.29, 0.717) is 23.1 Å². The summed E-state index contributed by atoms with van der Waals surface area (Å²) in [6.45, 7) is 2.42. The highest BCUT2D eigenvalue weighted by Gasteiger charge is 2.48. The molecule has 0 bridgehead atoms. The van der Waals surface area contributed by atoms with E-state index in [2.05, 4.69) is 44.6 Å². The molecule has 2 aromatic carbocycles. The number of nitrogens with zero attached hydrogens (tertiary/aromatic N) is 2. The molecular formula is C26H27N5O2. The van der Waals surface area contributed by atoms with Gasteiger partial charge < -0.3 is 15.6 Å². The van der Waals surface area contributed by atoms with Crippen LogP contribution in [0.3, 0.4) is 0 Å². The maximum Gasteiger partial charge on any atom is 0.255 e. The number of aromatic nitrogens is 3. The normalized spacial score (nSPS) is 15.3. The number of carbonyl (C=O) groups excluding carboxylic acids is 2. The quantitative estimate of drug-likeness (QED) is 0.380. The molecule has 0 saturated heterocycles. The van der Waals surface area contributed by atoms with Crippen LogP contribution < -0.4 is 10.6 Å². The van der Waals surface area contributed by atoms with Crippen molar-refractivity contribution >= 4 is 33.6 Å². The summed E-state index contributed by atoms with van der Waals surface area (Å²) in [5, 5.41) is 8.43. The number of rotatable bonds is 8. The molecule has 1 unspecified atom stereocenters. The Balaban J connectivity index is 1.42. The second-order valence-corrected chi connectivity index (χ2v) is 8.86. The number of H-pyrrole nitrogens is 1. The number of amides is 2. The van der Waals surface area contributed by atoms with Crippen molar-refractivity contribution in [2.75, 3.05) is 6.54 Å². The third-order valence-corrected chi connectivity index (χ3v) is 6.59. The van der Waals surface area contributed by atoms with Crippen LogP contribution in [0.2, 0.25) is 0 Å². The Kier molecular flexibility index (Phi) is 5.54. The van der Waals surface area contributed by atoms with Crippen LogP contribution >= 0.6 is 0 Å². The summed E-state index contributed by atoms with van der Waals surface area (Å²) in [5.74, 6) is -0.192. The fourth-order valence-electron chi connectivity index (χ4n) is 4.55. The van der Waals surface area contributed by atoms with E-state index in [1.807, 2.05) is 30.3 Å². The Morgan fingerprint density at radius 1 is 1.12 bits per heavy atom. The first-order valence-corrected chi connectivity index (χ1v) is 11.4. The molecule has 1 aliphatic rings. The lowest BCUT2D eigenvalue weighted by molar-refractivity contribution is -0.126. The number of fused-ring (bicyclic) bond motifs is 2. The lowest BCUT2D eigenvalue weighted by Crippen LogP contribution is -2.40. The summed E-state index contributed by atoms with van der Waals surface area (Å²) in [7, 11) is 0. The molecule has 2 amide bonds. The molecular weight excluding hydrogens is 414 g/mol. The molecule has 1 saturated carbocycles. The molecule has 7 heteroatoms. The van der Waals surface area contributed by atoms with Gasteiger partial charge in [-0.25, -0.2) is 4.98 Å². The van der Waals surface area contributed by atoms with E-state index in [9.17, 15) is 9.59 Å². The molecule has 33 heavy (non-hydrogen) atoms. The van der Waals surface area contributed by atoms with Crippen LogP contribution in [0.25, 0.3) is 21.8 Å². The van der Waals surface area contributed by atoms with Crippen LogP contribution in [0.5, 0.6) is 0 Å². The lowest BCUT2D eigenvalue weighted by atomic mass is 9.98. The number of nitrogens with one attached hydrogen (secondary N) is 3. The van der Waals surface area contributed by atoms with Crippen molar-refractivity contribution in [3.8, 4) is 0 Å². The Labute approximate surface area is 192 Å². The van der Waals surface area contributed by atoms with Gasteiger partial charge in [0.05, 0.1) is 29.6 Å². The SMILES string of the molecule is CCCC1(C(=O)NCC(NC(=O)c2cncc3[nH]cnc23)c2ccc3ccccc3c2)CC1. The molecule has 4 aromatic rings. The third kappa shape index (κ3) is 4.18. The average Bonchev–Trinajstić information content (AvgIpc) is 3.46. The van der Waals surface area contributed by atoms with Gasteiger partial charge in [0.2, 0.25) is 5.91 Å². The van der Waals surface area contributed by atoms with Gasteiger partial charge in [0.1, 0.15) is 5.52 Å². The minimum Gasteiger partial charge on any atom is -0.353 e. The molecule has 5 rings (SSSR count). The Hall–Kier alpha value is -3.74. The third-order valence-electron chi connectivity index (χ3n) is 6.59. The molecule has 1 atom stereocenters. The maximum absolute atomic E-state index is 13.2. The van der Waals surface area contributed by atoms with Crippen molar-refractivity contribution in [1.82, 2.24) is 25.6 Å². The Morgan fingerprint density at radius 3 is 2.73 bits per heavy atom. The first-order valence-electron chi connectivity index (χ1n) is 11.4. The molecule has 168 valence electrons. The zero-order valence-corrected chi connectivity index (χ0v) is 18.6. The highest BCUT2D eigenvalue weighted by molar-refractivity contribution is 6.04. The molecule has 0 radical (unpaired) electrons. The van der Waals surface area contributed by atoms with Crippen LogP contribution in [0.15, 0.2) is 61.2 Å². The van der Waals surface area contributed by atoms with Crippen LogP contribution in [0, 0.1) is 5.41 Å². The summed E-state index contributed by atoms with van der Waals surface area (Å²) in [4.78, 5) is 37.6. The van der Waals surface area contributed by atoms with Gasteiger partial charge in [-0.3, -0.25) is 14.6 Å². The number of imidazole rings is 1. The molecule has 0 spiro atoms. The van der Waals surface area contributed by atoms with Crippen LogP contribution in [0.1, 0.15) is 54.6 Å². The Morgan fingerprint density at radius 2 is 1.94 bits per heavy atom. The second-order valence-electron chi connectivity index (χ2n) is 8.86. The summed E-state index contributed by atoms with van der Waals surface area (Å²) in [5.41, 5.74) is 2.38. The van der Waals surface area contributed by atoms with Crippen LogP contribution in [-0.2, 0) is 4.79 Å². The van der Waals surface area contributed by atoms with Crippen molar-refractivity contribution < 1.29 is 9.59 Å². The van der Waals surface area contributed by atoms with Crippen molar-refractivity contribution in [1.29, 1.82) is 0 Å². The predicted octanol–water partition coefficient (Wildman–Crippen LogP) is 4.28. The lowest BCUT2D eigenvalue weighted by Gasteiger charge is -2.22. The fourth-order valence-corrected chi connectivity index (χ4v) is 4.55. The number of carbonyl (C=O) groups is 2. The fraction of sp³-hybridized carbons (Fsp3) is 0.308. The smallest absolute Gasteiger partial charge is 0.255 e. The van der Waals surface area contributed by atoms with Gasteiger partial charge in [-0.1, -0.05) is 49.7 Å². The van der Waals surface area contributed by atoms with Gasteiger partial charge >= 0.3 is 0 Å². The van der Waals surface area contributed by atoms with Crippen molar-refractivity contribution in [2.45, 2.75) is 38.6 Å². The van der Waals surface area contributed by atoms with E-state index in [4.69, 9.17) is 0 Å². The molecule has 0 aliphatic heterocycles. The van der Waals surface area contributed by atoms with Crippen molar-refractivity contribution in [3.63, 3.8) is 0 Å². The van der Waals surface area contributed by atoms with Gasteiger partial charge in [0.25, 0.3) is 5.91 Å². The molecule has 1 aliphatic carbocycles. The predicted molar refractivity (Wildman–Crippen MR) is 128 cm³/mol. The van der Waals surface area contributed by atoms with E-state index in [0.717, 1.165) is 42.0 Å². The molecule has 7 nitrogen and oxygen atoms in total. The first-order chi connectivity index (χ1) is 16.1. The highest BCUT2D eigenvalue weighted by atomic mass is 16.2. The first kappa shape index (κ1) is 21.1. The number of hydrogen-bond acceptors (Lipinski definition) is 4. The number of aromatic amines is 1. The van der Waals surface area contributed by atoms with Gasteiger partial charge in [-0.05, 0) is 41.7 Å². The largest absolute Gasteiger partial charge is 0.353 e. The monoisotopic (exact) mass is 441 g/mol. The minimum atomic E-state index is -0.391. The van der Waals surface area contributed by atoms with Crippen molar-refractivity contribution in [3.05, 3.63) is 72.3 Å². The zero-order valence-electron chi connectivity index (χ0n) is 18.6. The van der Waals surface area contributed by atoms with E-state index in [-0.39, 0.29) is 17.2 Å². The van der Waals surface area contributed by atoms with E-state index in [1.165, 1.54) is 6.20 Å². The highest BCUT2D eigenvalue weighted by Crippen LogP contribution is 2.49. The van der Waals surface area contributed by atoms with Gasteiger partial charge in [-0.2, -0.15) is 0 Å². The van der Waals surface area contributed by atoms with E-state index in [1.54, 1.807) is 12.5 Å². The summed E-state index contributed by atoms with van der Waals surface area (Å²) >= 11 is 0. The van der Waals surface area contributed by atoms with Gasteiger partial charge in [-0.15, -0.1) is 0 Å². The Bertz CT molecular complexity index is 1320. The number of benzene rings is 2. The average molecular weight is 442 g/mol. The van der Waals surface area contributed by atoms with Crippen LogP contribution in [-0.4, -0.2) is 33.3 Å². The standard InChI is InChI=1S/C26H27N5O2/c1-2-9-26(10-11-26)25(33)28-15-21(19-8-7-17-5-3-4-6-18(17)12-19)31-24(32)20-13-27-14-22-23(20)30-16-29-22/h3-8,12-14,16,21H,2,9-11,15H2,1H3,(H,28,33)(H,29,30)(H,31,32). The number of hydrogen-bond donors (Lipinski definition) is 3. The van der Waals surface area contributed by atoms with Gasteiger partial charge in [0, 0.05) is 18.2 Å².